The topological polar surface area (TPSA) is 105 Å². The highest BCUT2D eigenvalue weighted by Crippen LogP contribution is 2.33. The van der Waals surface area contributed by atoms with Gasteiger partial charge in [0.15, 0.2) is 0 Å². The number of benzene rings is 3. The number of anilines is 1. The second-order valence-electron chi connectivity index (χ2n) is 9.73. The summed E-state index contributed by atoms with van der Waals surface area (Å²) in [6.07, 6.45) is 0.712. The summed E-state index contributed by atoms with van der Waals surface area (Å²) < 4.78 is 40.2. The lowest BCUT2D eigenvalue weighted by atomic mass is 10.1. The lowest BCUT2D eigenvalue weighted by molar-refractivity contribution is -0.139. The molecule has 1 N–H and O–H groups in total. The third-order valence-corrected chi connectivity index (χ3v) is 8.80. The van der Waals surface area contributed by atoms with Crippen LogP contribution < -0.4 is 19.1 Å². The van der Waals surface area contributed by atoms with E-state index in [4.69, 9.17) is 21.1 Å². The maximum absolute atomic E-state index is 14.1. The van der Waals surface area contributed by atoms with Gasteiger partial charge in [0.05, 0.1) is 24.3 Å². The highest BCUT2D eigenvalue weighted by molar-refractivity contribution is 7.92. The van der Waals surface area contributed by atoms with Gasteiger partial charge in [-0.25, -0.2) is 8.42 Å². The summed E-state index contributed by atoms with van der Waals surface area (Å²) in [5, 5.41) is 3.30. The SMILES string of the molecule is CCOc1ccccc1N(CC(=O)N(Cc1cccc(OC)c1)C(C)C(=O)NC(C)CC)S(=O)(=O)c1ccc(Cl)cc1. The van der Waals surface area contributed by atoms with E-state index >= 15 is 0 Å². The lowest BCUT2D eigenvalue weighted by Gasteiger charge is -2.33. The van der Waals surface area contributed by atoms with Gasteiger partial charge in [-0.15, -0.1) is 0 Å². The summed E-state index contributed by atoms with van der Waals surface area (Å²) >= 11 is 6.02. The molecule has 42 heavy (non-hydrogen) atoms. The van der Waals surface area contributed by atoms with Crippen molar-refractivity contribution in [2.75, 3.05) is 24.6 Å². The smallest absolute Gasteiger partial charge is 0.264 e. The normalized spacial score (nSPS) is 12.6. The summed E-state index contributed by atoms with van der Waals surface area (Å²) in [5.74, 6) is -0.0303. The molecular weight excluding hydrogens is 578 g/mol. The van der Waals surface area contributed by atoms with E-state index in [2.05, 4.69) is 5.32 Å². The highest BCUT2D eigenvalue weighted by Gasteiger charge is 2.34. The molecule has 0 saturated heterocycles. The van der Waals surface area contributed by atoms with Gasteiger partial charge in [-0.05, 0) is 81.3 Å². The van der Waals surface area contributed by atoms with Gasteiger partial charge in [-0.2, -0.15) is 0 Å². The molecule has 0 fully saturated rings. The van der Waals surface area contributed by atoms with Crippen LogP contribution in [0.15, 0.2) is 77.7 Å². The Labute approximate surface area is 253 Å². The van der Waals surface area contributed by atoms with E-state index in [-0.39, 0.29) is 35.7 Å². The van der Waals surface area contributed by atoms with E-state index in [0.29, 0.717) is 28.5 Å². The molecule has 2 amide bonds. The molecule has 11 heteroatoms. The van der Waals surface area contributed by atoms with Gasteiger partial charge in [-0.1, -0.05) is 42.8 Å². The van der Waals surface area contributed by atoms with Crippen molar-refractivity contribution in [1.82, 2.24) is 10.2 Å². The fraction of sp³-hybridized carbons (Fsp3) is 0.355. The Kier molecular flexibility index (Phi) is 11.6. The van der Waals surface area contributed by atoms with Crippen molar-refractivity contribution in [1.29, 1.82) is 0 Å². The van der Waals surface area contributed by atoms with Crippen molar-refractivity contribution in [2.24, 2.45) is 0 Å². The van der Waals surface area contributed by atoms with Crippen molar-refractivity contribution < 1.29 is 27.5 Å². The van der Waals surface area contributed by atoms with Crippen LogP contribution in [0.1, 0.15) is 39.7 Å². The average molecular weight is 616 g/mol. The molecule has 0 aliphatic rings. The number of para-hydroxylation sites is 2. The van der Waals surface area contributed by atoms with Crippen LogP contribution in [0.25, 0.3) is 0 Å². The third kappa shape index (κ3) is 8.17. The standard InChI is InChI=1S/C31H38ClN3O6S/c1-6-22(3)33-31(37)23(4)34(20-24-11-10-12-26(19-24)40-5)30(36)21-35(28-13-8-9-14-29(28)41-7-2)42(38,39)27-17-15-25(32)16-18-27/h8-19,22-23H,6-7,20-21H2,1-5H3,(H,33,37). The zero-order valence-corrected chi connectivity index (χ0v) is 26.1. The van der Waals surface area contributed by atoms with Gasteiger partial charge in [0.1, 0.15) is 24.1 Å². The molecule has 0 bridgehead atoms. The minimum absolute atomic E-state index is 0.0482. The van der Waals surface area contributed by atoms with Gasteiger partial charge in [0.25, 0.3) is 10.0 Å². The monoisotopic (exact) mass is 615 g/mol. The van der Waals surface area contributed by atoms with Crippen molar-refractivity contribution >= 4 is 39.1 Å². The van der Waals surface area contributed by atoms with Crippen LogP contribution in [-0.2, 0) is 26.2 Å². The van der Waals surface area contributed by atoms with Crippen LogP contribution in [0.4, 0.5) is 5.69 Å². The Morgan fingerprint density at radius 3 is 2.31 bits per heavy atom. The number of sulfonamides is 1. The predicted molar refractivity (Wildman–Crippen MR) is 164 cm³/mol. The number of carbonyl (C=O) groups excluding carboxylic acids is 2. The number of ether oxygens (including phenoxy) is 2. The molecule has 0 aliphatic carbocycles. The molecule has 0 aromatic heterocycles. The van der Waals surface area contributed by atoms with E-state index in [9.17, 15) is 18.0 Å². The number of methoxy groups -OCH3 is 1. The van der Waals surface area contributed by atoms with Gasteiger partial charge in [-0.3, -0.25) is 13.9 Å². The zero-order chi connectivity index (χ0) is 30.9. The Morgan fingerprint density at radius 2 is 1.67 bits per heavy atom. The minimum atomic E-state index is -4.27. The van der Waals surface area contributed by atoms with Crippen molar-refractivity contribution in [3.05, 3.63) is 83.4 Å². The Morgan fingerprint density at radius 1 is 0.976 bits per heavy atom. The summed E-state index contributed by atoms with van der Waals surface area (Å²) in [5.41, 5.74) is 0.911. The Hall–Kier alpha value is -3.76. The van der Waals surface area contributed by atoms with Crippen LogP contribution in [0.2, 0.25) is 5.02 Å². The maximum Gasteiger partial charge on any atom is 0.264 e. The van der Waals surface area contributed by atoms with Crippen molar-refractivity contribution in [2.45, 2.75) is 57.6 Å². The maximum atomic E-state index is 14.1. The molecular formula is C31H38ClN3O6S. The molecule has 0 radical (unpaired) electrons. The third-order valence-electron chi connectivity index (χ3n) is 6.77. The number of carbonyl (C=O) groups is 2. The summed E-state index contributed by atoms with van der Waals surface area (Å²) in [6, 6.07) is 18.5. The van der Waals surface area contributed by atoms with Gasteiger partial charge < -0.3 is 19.7 Å². The second-order valence-corrected chi connectivity index (χ2v) is 12.0. The molecule has 0 spiro atoms. The van der Waals surface area contributed by atoms with Crippen LogP contribution in [0.3, 0.4) is 0 Å². The first-order valence-corrected chi connectivity index (χ1v) is 15.6. The fourth-order valence-electron chi connectivity index (χ4n) is 4.20. The molecule has 0 saturated carbocycles. The molecule has 226 valence electrons. The highest BCUT2D eigenvalue weighted by atomic mass is 35.5. The second kappa shape index (κ2) is 14.9. The summed E-state index contributed by atoms with van der Waals surface area (Å²) in [6.45, 7) is 6.99. The molecule has 2 atom stereocenters. The van der Waals surface area contributed by atoms with E-state index in [1.54, 1.807) is 63.4 Å². The first-order valence-electron chi connectivity index (χ1n) is 13.7. The molecule has 3 aromatic rings. The van der Waals surface area contributed by atoms with Crippen molar-refractivity contribution in [3.63, 3.8) is 0 Å². The predicted octanol–water partition coefficient (Wildman–Crippen LogP) is 5.27. The van der Waals surface area contributed by atoms with Crippen LogP contribution in [0, 0.1) is 0 Å². The molecule has 3 aromatic carbocycles. The lowest BCUT2D eigenvalue weighted by Crippen LogP contribution is -2.52. The number of halogens is 1. The number of nitrogens with zero attached hydrogens (tertiary/aromatic N) is 2. The number of hydrogen-bond acceptors (Lipinski definition) is 6. The molecule has 0 heterocycles. The minimum Gasteiger partial charge on any atom is -0.497 e. The van der Waals surface area contributed by atoms with Crippen LogP contribution in [-0.4, -0.2) is 57.5 Å². The summed E-state index contributed by atoms with van der Waals surface area (Å²) in [4.78, 5) is 28.7. The Balaban J connectivity index is 2.08. The van der Waals surface area contributed by atoms with Crippen molar-refractivity contribution in [3.8, 4) is 11.5 Å². The fourth-order valence-corrected chi connectivity index (χ4v) is 5.75. The van der Waals surface area contributed by atoms with Gasteiger partial charge >= 0.3 is 0 Å². The number of nitrogens with one attached hydrogen (secondary N) is 1. The molecule has 3 rings (SSSR count). The first kappa shape index (κ1) is 32.8. The average Bonchev–Trinajstić information content (AvgIpc) is 2.98. The number of hydrogen-bond donors (Lipinski definition) is 1. The van der Waals surface area contributed by atoms with E-state index < -0.39 is 28.5 Å². The van der Waals surface area contributed by atoms with E-state index in [0.717, 1.165) is 4.31 Å². The molecule has 0 aliphatic heterocycles. The molecule has 2 unspecified atom stereocenters. The van der Waals surface area contributed by atoms with E-state index in [1.165, 1.54) is 29.2 Å². The van der Waals surface area contributed by atoms with Crippen LogP contribution in [0.5, 0.6) is 11.5 Å². The van der Waals surface area contributed by atoms with Gasteiger partial charge in [0.2, 0.25) is 11.8 Å². The Bertz CT molecular complexity index is 1470. The van der Waals surface area contributed by atoms with Gasteiger partial charge in [0, 0.05) is 17.6 Å². The van der Waals surface area contributed by atoms with Crippen LogP contribution >= 0.6 is 11.6 Å². The number of amides is 2. The quantitative estimate of drug-likeness (QED) is 0.265. The summed E-state index contributed by atoms with van der Waals surface area (Å²) in [7, 11) is -2.72. The number of rotatable bonds is 14. The largest absolute Gasteiger partial charge is 0.497 e. The first-order chi connectivity index (χ1) is 20.0. The van der Waals surface area contributed by atoms with E-state index in [1.807, 2.05) is 19.9 Å². The molecule has 9 nitrogen and oxygen atoms in total. The zero-order valence-electron chi connectivity index (χ0n) is 24.5.